The van der Waals surface area contributed by atoms with Gasteiger partial charge in [-0.05, 0) is 25.2 Å². The number of hydrogen-bond donors (Lipinski definition) is 3. The highest BCUT2D eigenvalue weighted by Gasteiger charge is 2.13. The zero-order valence-electron chi connectivity index (χ0n) is 11.0. The highest BCUT2D eigenvalue weighted by molar-refractivity contribution is 5.78. The number of guanidine groups is 1. The number of hydrogen-bond acceptors (Lipinski definition) is 2. The van der Waals surface area contributed by atoms with Crippen LogP contribution in [0.15, 0.2) is 4.99 Å². The van der Waals surface area contributed by atoms with Crippen LogP contribution in [0.2, 0.25) is 0 Å². The Morgan fingerprint density at radius 2 is 2.12 bits per heavy atom. The van der Waals surface area contributed by atoms with Gasteiger partial charge < -0.3 is 16.2 Å². The smallest absolute Gasteiger partial charge is 0.188 e. The summed E-state index contributed by atoms with van der Waals surface area (Å²) in [5, 5.41) is 12.2. The predicted molar refractivity (Wildman–Crippen MR) is 72.0 cm³/mol. The molecule has 0 aromatic heterocycles. The van der Waals surface area contributed by atoms with Crippen molar-refractivity contribution < 1.29 is 5.11 Å². The van der Waals surface area contributed by atoms with Gasteiger partial charge >= 0.3 is 0 Å². The summed E-state index contributed by atoms with van der Waals surface area (Å²) in [5.74, 6) is 1.03. The van der Waals surface area contributed by atoms with Gasteiger partial charge in [-0.25, -0.2) is 0 Å². The Balaban J connectivity index is 2.26. The van der Waals surface area contributed by atoms with Gasteiger partial charge in [-0.15, -0.1) is 0 Å². The molecule has 1 fully saturated rings. The Labute approximate surface area is 105 Å². The molecule has 0 radical (unpaired) electrons. The molecule has 1 aliphatic carbocycles. The van der Waals surface area contributed by atoms with Crippen molar-refractivity contribution in [3.05, 3.63) is 0 Å². The van der Waals surface area contributed by atoms with Crippen LogP contribution in [0.3, 0.4) is 0 Å². The molecule has 1 aliphatic rings. The second kappa shape index (κ2) is 8.34. The summed E-state index contributed by atoms with van der Waals surface area (Å²) in [6.45, 7) is 3.09. The summed E-state index contributed by atoms with van der Waals surface area (Å²) in [7, 11) is 0. The summed E-state index contributed by atoms with van der Waals surface area (Å²) < 4.78 is 0. The lowest BCUT2D eigenvalue weighted by atomic mass is 9.96. The molecule has 0 bridgehead atoms. The second-order valence-electron chi connectivity index (χ2n) is 4.99. The zero-order valence-corrected chi connectivity index (χ0v) is 11.0. The number of nitrogens with two attached hydrogens (primary N) is 1. The van der Waals surface area contributed by atoms with Crippen LogP contribution in [-0.2, 0) is 0 Å². The maximum absolute atomic E-state index is 8.90. The van der Waals surface area contributed by atoms with Crippen LogP contribution < -0.4 is 11.1 Å². The minimum atomic E-state index is 0.240. The third-order valence-electron chi connectivity index (χ3n) is 3.59. The lowest BCUT2D eigenvalue weighted by molar-refractivity contribution is 0.256. The Hall–Kier alpha value is -0.770. The van der Waals surface area contributed by atoms with Gasteiger partial charge in [-0.1, -0.05) is 32.6 Å². The number of aliphatic imine (C=N–C) groups is 1. The van der Waals surface area contributed by atoms with E-state index in [9.17, 15) is 0 Å². The first-order valence-corrected chi connectivity index (χ1v) is 6.93. The molecule has 0 aromatic carbocycles. The quantitative estimate of drug-likeness (QED) is 0.489. The van der Waals surface area contributed by atoms with Crippen LogP contribution in [0.1, 0.15) is 51.9 Å². The highest BCUT2D eigenvalue weighted by Crippen LogP contribution is 2.17. The fourth-order valence-electron chi connectivity index (χ4n) is 2.34. The van der Waals surface area contributed by atoms with E-state index in [4.69, 9.17) is 10.8 Å². The van der Waals surface area contributed by atoms with Gasteiger partial charge in [0.2, 0.25) is 0 Å². The SMILES string of the molecule is CCC(CCO)CN=C(N)NC1CCCCC1. The van der Waals surface area contributed by atoms with E-state index < -0.39 is 0 Å². The van der Waals surface area contributed by atoms with E-state index in [0.717, 1.165) is 19.4 Å². The van der Waals surface area contributed by atoms with E-state index in [1.165, 1.54) is 32.1 Å². The number of nitrogens with zero attached hydrogens (tertiary/aromatic N) is 1. The molecule has 1 rings (SSSR count). The minimum Gasteiger partial charge on any atom is -0.396 e. The molecule has 0 aromatic rings. The monoisotopic (exact) mass is 241 g/mol. The van der Waals surface area contributed by atoms with Crippen molar-refractivity contribution in [1.82, 2.24) is 5.32 Å². The van der Waals surface area contributed by atoms with E-state index >= 15 is 0 Å². The number of nitrogens with one attached hydrogen (secondary N) is 1. The first kappa shape index (κ1) is 14.3. The Morgan fingerprint density at radius 3 is 2.71 bits per heavy atom. The molecule has 100 valence electrons. The van der Waals surface area contributed by atoms with Gasteiger partial charge in [0.05, 0.1) is 0 Å². The number of rotatable bonds is 6. The predicted octanol–water partition coefficient (Wildman–Crippen LogP) is 1.63. The first-order chi connectivity index (χ1) is 8.26. The van der Waals surface area contributed by atoms with E-state index in [1.54, 1.807) is 0 Å². The van der Waals surface area contributed by atoms with Gasteiger partial charge in [-0.3, -0.25) is 4.99 Å². The van der Waals surface area contributed by atoms with Crippen molar-refractivity contribution in [1.29, 1.82) is 0 Å². The van der Waals surface area contributed by atoms with Crippen LogP contribution in [-0.4, -0.2) is 30.3 Å². The van der Waals surface area contributed by atoms with Crippen molar-refractivity contribution in [2.24, 2.45) is 16.6 Å². The number of aliphatic hydroxyl groups is 1. The van der Waals surface area contributed by atoms with Crippen molar-refractivity contribution in [3.8, 4) is 0 Å². The van der Waals surface area contributed by atoms with E-state index in [1.807, 2.05) is 0 Å². The lowest BCUT2D eigenvalue weighted by Crippen LogP contribution is -2.41. The maximum atomic E-state index is 8.90. The van der Waals surface area contributed by atoms with Crippen molar-refractivity contribution >= 4 is 5.96 Å². The van der Waals surface area contributed by atoms with Gasteiger partial charge in [0, 0.05) is 19.2 Å². The Morgan fingerprint density at radius 1 is 1.41 bits per heavy atom. The summed E-state index contributed by atoms with van der Waals surface area (Å²) in [6, 6.07) is 0.519. The molecule has 0 heterocycles. The zero-order chi connectivity index (χ0) is 12.5. The second-order valence-corrected chi connectivity index (χ2v) is 4.99. The lowest BCUT2D eigenvalue weighted by Gasteiger charge is -2.23. The van der Waals surface area contributed by atoms with Gasteiger partial charge in [0.25, 0.3) is 0 Å². The molecule has 0 spiro atoms. The molecule has 1 unspecified atom stereocenters. The Bertz CT molecular complexity index is 225. The van der Waals surface area contributed by atoms with Crippen LogP contribution in [0.5, 0.6) is 0 Å². The van der Waals surface area contributed by atoms with Crippen molar-refractivity contribution in [3.63, 3.8) is 0 Å². The Kier molecular flexibility index (Phi) is 7.01. The largest absolute Gasteiger partial charge is 0.396 e. The normalized spacial score (nSPS) is 20.2. The summed E-state index contributed by atoms with van der Waals surface area (Å²) >= 11 is 0. The molecular formula is C13H27N3O. The number of aliphatic hydroxyl groups excluding tert-OH is 1. The van der Waals surface area contributed by atoms with Crippen LogP contribution >= 0.6 is 0 Å². The third-order valence-corrected chi connectivity index (χ3v) is 3.59. The molecule has 17 heavy (non-hydrogen) atoms. The third kappa shape index (κ3) is 5.91. The standard InChI is InChI=1S/C13H27N3O/c1-2-11(8-9-17)10-15-13(14)16-12-6-4-3-5-7-12/h11-12,17H,2-10H2,1H3,(H3,14,15,16). The fourth-order valence-corrected chi connectivity index (χ4v) is 2.34. The molecular weight excluding hydrogens is 214 g/mol. The molecule has 0 saturated heterocycles. The molecule has 4 N–H and O–H groups in total. The molecule has 4 nitrogen and oxygen atoms in total. The van der Waals surface area contributed by atoms with Crippen LogP contribution in [0.25, 0.3) is 0 Å². The van der Waals surface area contributed by atoms with Gasteiger partial charge in [0.1, 0.15) is 0 Å². The summed E-state index contributed by atoms with van der Waals surface area (Å²) in [6.07, 6.45) is 8.23. The minimum absolute atomic E-state index is 0.240. The topological polar surface area (TPSA) is 70.6 Å². The van der Waals surface area contributed by atoms with E-state index in [2.05, 4.69) is 17.2 Å². The molecule has 0 amide bonds. The average Bonchev–Trinajstić information content (AvgIpc) is 2.35. The molecule has 4 heteroatoms. The van der Waals surface area contributed by atoms with E-state index in [0.29, 0.717) is 17.9 Å². The highest BCUT2D eigenvalue weighted by atomic mass is 16.3. The maximum Gasteiger partial charge on any atom is 0.188 e. The summed E-state index contributed by atoms with van der Waals surface area (Å²) in [4.78, 5) is 4.38. The van der Waals surface area contributed by atoms with Crippen molar-refractivity contribution in [2.45, 2.75) is 57.9 Å². The molecule has 0 aliphatic heterocycles. The summed E-state index contributed by atoms with van der Waals surface area (Å²) in [5.41, 5.74) is 5.88. The molecule has 1 saturated carbocycles. The van der Waals surface area contributed by atoms with E-state index in [-0.39, 0.29) is 6.61 Å². The van der Waals surface area contributed by atoms with Crippen LogP contribution in [0.4, 0.5) is 0 Å². The molecule has 1 atom stereocenters. The average molecular weight is 241 g/mol. The van der Waals surface area contributed by atoms with Gasteiger partial charge in [-0.2, -0.15) is 0 Å². The van der Waals surface area contributed by atoms with Crippen LogP contribution in [0, 0.1) is 5.92 Å². The first-order valence-electron chi connectivity index (χ1n) is 6.93. The van der Waals surface area contributed by atoms with Gasteiger partial charge in [0.15, 0.2) is 5.96 Å². The fraction of sp³-hybridized carbons (Fsp3) is 0.923. The van der Waals surface area contributed by atoms with Crippen molar-refractivity contribution in [2.75, 3.05) is 13.2 Å².